The van der Waals surface area contributed by atoms with Crippen molar-refractivity contribution in [2.75, 3.05) is 18.4 Å². The predicted molar refractivity (Wildman–Crippen MR) is 103 cm³/mol. The minimum Gasteiger partial charge on any atom is -0.335 e. The van der Waals surface area contributed by atoms with Crippen LogP contribution in [-0.2, 0) is 6.54 Å². The predicted octanol–water partition coefficient (Wildman–Crippen LogP) is 4.78. The second-order valence-electron chi connectivity index (χ2n) is 6.26. The molecule has 2 N–H and O–H groups in total. The molecule has 6 heteroatoms. The smallest absolute Gasteiger partial charge is 0.319 e. The third-order valence-electron chi connectivity index (χ3n) is 4.35. The molecule has 3 rings (SSSR count). The first-order valence-electron chi connectivity index (χ1n) is 8.39. The van der Waals surface area contributed by atoms with Crippen LogP contribution in [0, 0.1) is 0 Å². The van der Waals surface area contributed by atoms with Crippen LogP contribution in [-0.4, -0.2) is 30.1 Å². The van der Waals surface area contributed by atoms with Crippen LogP contribution in [0.4, 0.5) is 10.5 Å². The highest BCUT2D eigenvalue weighted by Gasteiger charge is 2.21. The van der Waals surface area contributed by atoms with E-state index in [1.165, 1.54) is 5.56 Å². The molecular formula is C19H21Cl2N3O. The highest BCUT2D eigenvalue weighted by Crippen LogP contribution is 2.25. The molecule has 0 saturated carbocycles. The molecule has 132 valence electrons. The van der Waals surface area contributed by atoms with Crippen molar-refractivity contribution < 1.29 is 4.79 Å². The largest absolute Gasteiger partial charge is 0.335 e. The van der Waals surface area contributed by atoms with Crippen LogP contribution in [0.3, 0.4) is 0 Å². The molecule has 25 heavy (non-hydrogen) atoms. The van der Waals surface area contributed by atoms with Crippen molar-refractivity contribution in [2.24, 2.45) is 0 Å². The van der Waals surface area contributed by atoms with E-state index in [1.807, 2.05) is 6.07 Å². The fourth-order valence-corrected chi connectivity index (χ4v) is 3.47. The molecule has 0 radical (unpaired) electrons. The van der Waals surface area contributed by atoms with Crippen molar-refractivity contribution in [1.29, 1.82) is 0 Å². The highest BCUT2D eigenvalue weighted by molar-refractivity contribution is 6.36. The van der Waals surface area contributed by atoms with Gasteiger partial charge in [-0.2, -0.15) is 0 Å². The number of anilines is 1. The van der Waals surface area contributed by atoms with Gasteiger partial charge in [0.15, 0.2) is 0 Å². The van der Waals surface area contributed by atoms with E-state index in [-0.39, 0.29) is 12.1 Å². The molecule has 2 aromatic carbocycles. The number of carbonyl (C=O) groups excluding carboxylic acids is 1. The first-order valence-corrected chi connectivity index (χ1v) is 9.14. The number of rotatable bonds is 4. The molecule has 1 aliphatic heterocycles. The summed E-state index contributed by atoms with van der Waals surface area (Å²) in [6.07, 6.45) is 1.88. The van der Waals surface area contributed by atoms with Crippen molar-refractivity contribution in [3.63, 3.8) is 0 Å². The van der Waals surface area contributed by atoms with Gasteiger partial charge in [-0.3, -0.25) is 4.90 Å². The Kier molecular flexibility index (Phi) is 6.19. The number of halogens is 2. The van der Waals surface area contributed by atoms with Crippen LogP contribution in [0.1, 0.15) is 18.4 Å². The molecule has 2 amide bonds. The van der Waals surface area contributed by atoms with Crippen LogP contribution in [0.15, 0.2) is 48.5 Å². The Morgan fingerprint density at radius 3 is 2.48 bits per heavy atom. The first-order chi connectivity index (χ1) is 12.1. The monoisotopic (exact) mass is 377 g/mol. The molecular weight excluding hydrogens is 357 g/mol. The van der Waals surface area contributed by atoms with Gasteiger partial charge in [0.1, 0.15) is 0 Å². The van der Waals surface area contributed by atoms with E-state index < -0.39 is 0 Å². The van der Waals surface area contributed by atoms with Crippen LogP contribution in [0.25, 0.3) is 0 Å². The molecule has 1 fully saturated rings. The maximum absolute atomic E-state index is 12.2. The summed E-state index contributed by atoms with van der Waals surface area (Å²) >= 11 is 11.9. The van der Waals surface area contributed by atoms with Gasteiger partial charge in [-0.05, 0) is 36.6 Å². The summed E-state index contributed by atoms with van der Waals surface area (Å²) in [6, 6.07) is 15.4. The summed E-state index contributed by atoms with van der Waals surface area (Å²) in [5, 5.41) is 6.78. The molecule has 1 heterocycles. The second kappa shape index (κ2) is 8.56. The van der Waals surface area contributed by atoms with Gasteiger partial charge >= 0.3 is 6.03 Å². The maximum atomic E-state index is 12.2. The fraction of sp³-hybridized carbons (Fsp3) is 0.316. The number of hydrogen-bond acceptors (Lipinski definition) is 2. The minimum absolute atomic E-state index is 0.179. The van der Waals surface area contributed by atoms with Gasteiger partial charge in [-0.15, -0.1) is 0 Å². The summed E-state index contributed by atoms with van der Waals surface area (Å²) in [7, 11) is 0. The summed E-state index contributed by atoms with van der Waals surface area (Å²) in [4.78, 5) is 14.6. The number of urea groups is 1. The van der Waals surface area contributed by atoms with E-state index in [0.717, 1.165) is 32.5 Å². The van der Waals surface area contributed by atoms with E-state index >= 15 is 0 Å². The number of nitrogens with one attached hydrogen (secondary N) is 2. The zero-order chi connectivity index (χ0) is 17.6. The number of nitrogens with zero attached hydrogens (tertiary/aromatic N) is 1. The molecule has 0 spiro atoms. The van der Waals surface area contributed by atoms with Gasteiger partial charge in [0.25, 0.3) is 0 Å². The lowest BCUT2D eigenvalue weighted by atomic mass is 10.0. The van der Waals surface area contributed by atoms with E-state index in [0.29, 0.717) is 15.7 Å². The summed E-state index contributed by atoms with van der Waals surface area (Å²) < 4.78 is 0. The number of likely N-dealkylation sites (tertiary alicyclic amines) is 1. The molecule has 0 aliphatic carbocycles. The van der Waals surface area contributed by atoms with E-state index in [9.17, 15) is 4.79 Å². The van der Waals surface area contributed by atoms with Crippen LogP contribution in [0.2, 0.25) is 10.0 Å². The lowest BCUT2D eigenvalue weighted by Crippen LogP contribution is -2.45. The van der Waals surface area contributed by atoms with Gasteiger partial charge in [0.05, 0.1) is 10.7 Å². The molecule has 0 aromatic heterocycles. The van der Waals surface area contributed by atoms with Gasteiger partial charge in [0.2, 0.25) is 0 Å². The van der Waals surface area contributed by atoms with E-state index in [4.69, 9.17) is 23.2 Å². The highest BCUT2D eigenvalue weighted by atomic mass is 35.5. The van der Waals surface area contributed by atoms with E-state index in [2.05, 4.69) is 39.8 Å². The van der Waals surface area contributed by atoms with Crippen molar-refractivity contribution in [1.82, 2.24) is 10.2 Å². The van der Waals surface area contributed by atoms with Crippen LogP contribution >= 0.6 is 23.2 Å². The second-order valence-corrected chi connectivity index (χ2v) is 7.10. The number of carbonyl (C=O) groups is 1. The molecule has 4 nitrogen and oxygen atoms in total. The Balaban J connectivity index is 1.44. The maximum Gasteiger partial charge on any atom is 0.319 e. The minimum atomic E-state index is -0.231. The Morgan fingerprint density at radius 2 is 1.80 bits per heavy atom. The average molecular weight is 378 g/mol. The van der Waals surface area contributed by atoms with Crippen LogP contribution in [0.5, 0.6) is 0 Å². The first kappa shape index (κ1) is 18.1. The Bertz CT molecular complexity index is 716. The van der Waals surface area contributed by atoms with E-state index in [1.54, 1.807) is 18.2 Å². The third-order valence-corrected chi connectivity index (χ3v) is 4.90. The van der Waals surface area contributed by atoms with Gasteiger partial charge in [-0.1, -0.05) is 53.5 Å². The lowest BCUT2D eigenvalue weighted by Gasteiger charge is -2.32. The molecule has 0 atom stereocenters. The standard InChI is InChI=1S/C19H21Cl2N3O/c20-15-6-7-18(17(21)12-15)23-19(25)22-16-8-10-24(11-9-16)13-14-4-2-1-3-5-14/h1-7,12,16H,8-11,13H2,(H2,22,23,25). The molecule has 1 saturated heterocycles. The zero-order valence-corrected chi connectivity index (χ0v) is 15.4. The van der Waals surface area contributed by atoms with Crippen molar-refractivity contribution in [3.8, 4) is 0 Å². The lowest BCUT2D eigenvalue weighted by molar-refractivity contribution is 0.190. The average Bonchev–Trinajstić information content (AvgIpc) is 2.60. The molecule has 1 aliphatic rings. The zero-order valence-electron chi connectivity index (χ0n) is 13.8. The summed E-state index contributed by atoms with van der Waals surface area (Å²) in [5.41, 5.74) is 1.88. The molecule has 0 unspecified atom stereocenters. The number of piperidine rings is 1. The third kappa shape index (κ3) is 5.36. The van der Waals surface area contributed by atoms with Crippen molar-refractivity contribution >= 4 is 34.9 Å². The normalized spacial score (nSPS) is 15.8. The van der Waals surface area contributed by atoms with Crippen LogP contribution < -0.4 is 10.6 Å². The summed E-state index contributed by atoms with van der Waals surface area (Å²) in [5.74, 6) is 0. The van der Waals surface area contributed by atoms with Gasteiger partial charge in [-0.25, -0.2) is 4.79 Å². The van der Waals surface area contributed by atoms with Gasteiger partial charge < -0.3 is 10.6 Å². The SMILES string of the molecule is O=C(Nc1ccc(Cl)cc1Cl)NC1CCN(Cc2ccccc2)CC1. The Morgan fingerprint density at radius 1 is 1.08 bits per heavy atom. The fourth-order valence-electron chi connectivity index (χ4n) is 3.01. The number of amides is 2. The quantitative estimate of drug-likeness (QED) is 0.804. The van der Waals surface area contributed by atoms with Crippen molar-refractivity contribution in [3.05, 3.63) is 64.1 Å². The Labute approximate surface area is 158 Å². The van der Waals surface area contributed by atoms with Crippen molar-refractivity contribution in [2.45, 2.75) is 25.4 Å². The molecule has 0 bridgehead atoms. The summed E-state index contributed by atoms with van der Waals surface area (Å²) in [6.45, 7) is 2.91. The number of benzene rings is 2. The Hall–Kier alpha value is -1.75. The van der Waals surface area contributed by atoms with Gasteiger partial charge in [0, 0.05) is 30.7 Å². The topological polar surface area (TPSA) is 44.4 Å². The molecule has 2 aromatic rings. The number of hydrogen-bond donors (Lipinski definition) is 2.